The molecule has 0 heterocycles. The minimum Gasteiger partial charge on any atom is -0.496 e. The van der Waals surface area contributed by atoms with Crippen molar-refractivity contribution in [3.63, 3.8) is 0 Å². The monoisotopic (exact) mass is 313 g/mol. The molecule has 0 bridgehead atoms. The first-order valence-corrected chi connectivity index (χ1v) is 7.66. The number of ether oxygens (including phenoxy) is 1. The van der Waals surface area contributed by atoms with Crippen molar-refractivity contribution in [2.75, 3.05) is 20.3 Å². The summed E-state index contributed by atoms with van der Waals surface area (Å²) in [7, 11) is 1.61. The third kappa shape index (κ3) is 4.11. The van der Waals surface area contributed by atoms with Crippen LogP contribution in [-0.2, 0) is 6.54 Å². The van der Waals surface area contributed by atoms with Gasteiger partial charge in [-0.1, -0.05) is 35.9 Å². The van der Waals surface area contributed by atoms with Crippen LogP contribution >= 0.6 is 0 Å². The van der Waals surface area contributed by atoms with E-state index in [0.29, 0.717) is 12.1 Å². The normalized spacial score (nSPS) is 10.4. The predicted molar refractivity (Wildman–Crippen MR) is 90.7 cm³/mol. The molecule has 2 rings (SSSR count). The van der Waals surface area contributed by atoms with Crippen molar-refractivity contribution < 1.29 is 14.6 Å². The van der Waals surface area contributed by atoms with E-state index in [4.69, 9.17) is 4.74 Å². The molecular weight excluding hydrogens is 290 g/mol. The number of benzene rings is 2. The number of aryl methyl sites for hydroxylation is 2. The van der Waals surface area contributed by atoms with E-state index in [1.165, 1.54) is 0 Å². The molecule has 0 fully saturated rings. The van der Waals surface area contributed by atoms with Crippen molar-refractivity contribution >= 4 is 5.91 Å². The van der Waals surface area contributed by atoms with Crippen LogP contribution in [-0.4, -0.2) is 36.2 Å². The van der Waals surface area contributed by atoms with Crippen molar-refractivity contribution in [2.24, 2.45) is 0 Å². The molecule has 0 aliphatic heterocycles. The molecule has 0 aliphatic carbocycles. The number of hydrogen-bond acceptors (Lipinski definition) is 3. The van der Waals surface area contributed by atoms with E-state index in [1.54, 1.807) is 12.0 Å². The van der Waals surface area contributed by atoms with Gasteiger partial charge < -0.3 is 14.7 Å². The number of carbonyl (C=O) groups excluding carboxylic acids is 1. The number of methoxy groups -OCH3 is 1. The largest absolute Gasteiger partial charge is 0.496 e. The maximum Gasteiger partial charge on any atom is 0.254 e. The second kappa shape index (κ2) is 7.79. The third-order valence-corrected chi connectivity index (χ3v) is 3.83. The average molecular weight is 313 g/mol. The lowest BCUT2D eigenvalue weighted by Gasteiger charge is -2.24. The van der Waals surface area contributed by atoms with Crippen molar-refractivity contribution in [3.8, 4) is 5.75 Å². The topological polar surface area (TPSA) is 49.8 Å². The smallest absolute Gasteiger partial charge is 0.254 e. The highest BCUT2D eigenvalue weighted by molar-refractivity contribution is 5.95. The molecular formula is C19H23NO3. The zero-order valence-electron chi connectivity index (χ0n) is 13.9. The van der Waals surface area contributed by atoms with Crippen LogP contribution in [0.1, 0.15) is 27.0 Å². The van der Waals surface area contributed by atoms with E-state index in [2.05, 4.69) is 0 Å². The number of hydrogen-bond donors (Lipinski definition) is 1. The van der Waals surface area contributed by atoms with Crippen LogP contribution in [0.4, 0.5) is 0 Å². The average Bonchev–Trinajstić information content (AvgIpc) is 2.56. The van der Waals surface area contributed by atoms with Crippen molar-refractivity contribution in [3.05, 3.63) is 64.7 Å². The van der Waals surface area contributed by atoms with Crippen LogP contribution in [0.5, 0.6) is 5.75 Å². The Kier molecular flexibility index (Phi) is 5.77. The van der Waals surface area contributed by atoms with Gasteiger partial charge in [0.25, 0.3) is 5.91 Å². The van der Waals surface area contributed by atoms with Gasteiger partial charge >= 0.3 is 0 Å². The Morgan fingerprint density at radius 2 is 1.91 bits per heavy atom. The summed E-state index contributed by atoms with van der Waals surface area (Å²) >= 11 is 0. The molecule has 0 spiro atoms. The van der Waals surface area contributed by atoms with Crippen LogP contribution in [0.15, 0.2) is 42.5 Å². The minimum absolute atomic E-state index is 0.0776. The maximum absolute atomic E-state index is 12.9. The molecule has 0 saturated heterocycles. The van der Waals surface area contributed by atoms with Crippen LogP contribution in [0.3, 0.4) is 0 Å². The van der Waals surface area contributed by atoms with Crippen LogP contribution in [0.2, 0.25) is 0 Å². The number of rotatable bonds is 6. The Morgan fingerprint density at radius 1 is 1.17 bits per heavy atom. The summed E-state index contributed by atoms with van der Waals surface area (Å²) in [5, 5.41) is 9.34. The Bertz CT molecular complexity index is 682. The van der Waals surface area contributed by atoms with Gasteiger partial charge in [0.2, 0.25) is 0 Å². The first kappa shape index (κ1) is 17.0. The minimum atomic E-state index is -0.0776. The number of aliphatic hydroxyl groups is 1. The first-order valence-electron chi connectivity index (χ1n) is 7.66. The van der Waals surface area contributed by atoms with E-state index >= 15 is 0 Å². The fraction of sp³-hybridized carbons (Fsp3) is 0.316. The number of carbonyl (C=O) groups is 1. The number of para-hydroxylation sites is 1. The van der Waals surface area contributed by atoms with Gasteiger partial charge in [0, 0.05) is 24.2 Å². The Balaban J connectivity index is 2.30. The van der Waals surface area contributed by atoms with Gasteiger partial charge in [-0.25, -0.2) is 0 Å². The Hall–Kier alpha value is -2.33. The lowest BCUT2D eigenvalue weighted by molar-refractivity contribution is 0.0705. The zero-order chi connectivity index (χ0) is 16.8. The molecule has 2 aromatic carbocycles. The lowest BCUT2D eigenvalue weighted by Crippen LogP contribution is -2.33. The Morgan fingerprint density at radius 3 is 2.61 bits per heavy atom. The highest BCUT2D eigenvalue weighted by Crippen LogP contribution is 2.21. The summed E-state index contributed by atoms with van der Waals surface area (Å²) in [5.41, 5.74) is 3.57. The molecule has 23 heavy (non-hydrogen) atoms. The van der Waals surface area contributed by atoms with E-state index in [1.807, 2.05) is 56.3 Å². The summed E-state index contributed by atoms with van der Waals surface area (Å²) in [5.74, 6) is 0.662. The summed E-state index contributed by atoms with van der Waals surface area (Å²) in [6.07, 6.45) is 0. The summed E-state index contributed by atoms with van der Waals surface area (Å²) in [6.45, 7) is 4.49. The summed E-state index contributed by atoms with van der Waals surface area (Å²) in [6, 6.07) is 13.4. The molecule has 0 saturated carbocycles. The summed E-state index contributed by atoms with van der Waals surface area (Å²) < 4.78 is 5.35. The number of aliphatic hydroxyl groups excluding tert-OH is 1. The first-order chi connectivity index (χ1) is 11.1. The van der Waals surface area contributed by atoms with E-state index < -0.39 is 0 Å². The Labute approximate surface area is 137 Å². The molecule has 1 N–H and O–H groups in total. The highest BCUT2D eigenvalue weighted by Gasteiger charge is 2.19. The molecule has 1 amide bonds. The molecule has 122 valence electrons. The van der Waals surface area contributed by atoms with Gasteiger partial charge in [0.05, 0.1) is 13.7 Å². The predicted octanol–water partition coefficient (Wildman–Crippen LogP) is 2.95. The van der Waals surface area contributed by atoms with Crippen LogP contribution in [0, 0.1) is 13.8 Å². The van der Waals surface area contributed by atoms with E-state index in [-0.39, 0.29) is 19.1 Å². The second-order valence-corrected chi connectivity index (χ2v) is 5.58. The lowest BCUT2D eigenvalue weighted by atomic mass is 10.0. The molecule has 0 atom stereocenters. The van der Waals surface area contributed by atoms with Crippen LogP contribution in [0.25, 0.3) is 0 Å². The van der Waals surface area contributed by atoms with Gasteiger partial charge in [-0.15, -0.1) is 0 Å². The van der Waals surface area contributed by atoms with Gasteiger partial charge in [0.15, 0.2) is 0 Å². The second-order valence-electron chi connectivity index (χ2n) is 5.58. The van der Waals surface area contributed by atoms with Crippen molar-refractivity contribution in [1.29, 1.82) is 0 Å². The van der Waals surface area contributed by atoms with Crippen LogP contribution < -0.4 is 4.74 Å². The van der Waals surface area contributed by atoms with Crippen molar-refractivity contribution in [2.45, 2.75) is 20.4 Å². The van der Waals surface area contributed by atoms with E-state index in [0.717, 1.165) is 22.4 Å². The molecule has 0 unspecified atom stereocenters. The molecule has 2 aromatic rings. The van der Waals surface area contributed by atoms with Crippen molar-refractivity contribution in [1.82, 2.24) is 4.90 Å². The third-order valence-electron chi connectivity index (χ3n) is 3.83. The molecule has 4 nitrogen and oxygen atoms in total. The molecule has 4 heteroatoms. The highest BCUT2D eigenvalue weighted by atomic mass is 16.5. The number of nitrogens with zero attached hydrogens (tertiary/aromatic N) is 1. The molecule has 0 aliphatic rings. The fourth-order valence-corrected chi connectivity index (χ4v) is 2.55. The van der Waals surface area contributed by atoms with Gasteiger partial charge in [-0.3, -0.25) is 4.79 Å². The molecule has 0 aromatic heterocycles. The number of amides is 1. The summed E-state index contributed by atoms with van der Waals surface area (Å²) in [4.78, 5) is 14.5. The zero-order valence-corrected chi connectivity index (χ0v) is 13.9. The molecule has 0 radical (unpaired) electrons. The standard InChI is InChI=1S/C19H23NO3/c1-14-8-9-15(2)17(12-14)19(22)20(10-11-21)13-16-6-4-5-7-18(16)23-3/h4-9,12,21H,10-11,13H2,1-3H3. The quantitative estimate of drug-likeness (QED) is 0.892. The SMILES string of the molecule is COc1ccccc1CN(CCO)C(=O)c1cc(C)ccc1C. The van der Waals surface area contributed by atoms with Gasteiger partial charge in [-0.2, -0.15) is 0 Å². The van der Waals surface area contributed by atoms with Gasteiger partial charge in [0.1, 0.15) is 5.75 Å². The fourth-order valence-electron chi connectivity index (χ4n) is 2.55. The maximum atomic E-state index is 12.9. The van der Waals surface area contributed by atoms with E-state index in [9.17, 15) is 9.90 Å². The van der Waals surface area contributed by atoms with Gasteiger partial charge in [-0.05, 0) is 31.5 Å².